The quantitative estimate of drug-likeness (QED) is 0.210. The first-order chi connectivity index (χ1) is 22.3. The Hall–Kier alpha value is -6.06. The minimum absolute atomic E-state index is 0.682. The van der Waals surface area contributed by atoms with Crippen molar-refractivity contribution in [1.29, 1.82) is 0 Å². The van der Waals surface area contributed by atoms with Crippen LogP contribution in [0.15, 0.2) is 162 Å². The zero-order chi connectivity index (χ0) is 29.7. The summed E-state index contributed by atoms with van der Waals surface area (Å²) in [6, 6.07) is 55.1. The van der Waals surface area contributed by atoms with Crippen LogP contribution in [0, 0.1) is 0 Å². The van der Waals surface area contributed by atoms with Gasteiger partial charge >= 0.3 is 0 Å². The lowest BCUT2D eigenvalue weighted by atomic mass is 9.97. The number of nitrogens with zero attached hydrogens (tertiary/aromatic N) is 2. The molecule has 0 N–H and O–H groups in total. The van der Waals surface area contributed by atoms with Crippen LogP contribution in [0.1, 0.15) is 0 Å². The normalized spacial score (nSPS) is 11.6. The van der Waals surface area contributed by atoms with Gasteiger partial charge < -0.3 is 4.42 Å². The van der Waals surface area contributed by atoms with Crippen LogP contribution in [0.5, 0.6) is 0 Å². The monoisotopic (exact) mass is 574 g/mol. The number of benzene rings is 7. The van der Waals surface area contributed by atoms with Crippen molar-refractivity contribution < 1.29 is 4.42 Å². The van der Waals surface area contributed by atoms with Gasteiger partial charge in [0.2, 0.25) is 0 Å². The smallest absolute Gasteiger partial charge is 0.180 e. The lowest BCUT2D eigenvalue weighted by Crippen LogP contribution is -1.95. The Balaban J connectivity index is 1.29. The Labute approximate surface area is 260 Å². The van der Waals surface area contributed by atoms with Crippen molar-refractivity contribution in [3.05, 3.63) is 158 Å². The molecule has 2 aromatic heterocycles. The highest BCUT2D eigenvalue weighted by Crippen LogP contribution is 2.40. The second-order valence-electron chi connectivity index (χ2n) is 11.4. The molecule has 0 aliphatic rings. The van der Waals surface area contributed by atoms with Gasteiger partial charge in [0.1, 0.15) is 16.8 Å². The second-order valence-corrected chi connectivity index (χ2v) is 11.4. The molecular formula is C42H26N2O. The minimum Gasteiger partial charge on any atom is -0.451 e. The van der Waals surface area contributed by atoms with Crippen molar-refractivity contribution in [2.24, 2.45) is 0 Å². The molecule has 210 valence electrons. The van der Waals surface area contributed by atoms with Gasteiger partial charge in [0.25, 0.3) is 0 Å². The Kier molecular flexibility index (Phi) is 5.82. The van der Waals surface area contributed by atoms with Crippen LogP contribution >= 0.6 is 0 Å². The SMILES string of the molecule is c1ccc(-c2cccc(-c3cccc(-c4nc(-c5cccc6ccccc56)nc5c4oc4c6ccccc6ccc54)c3)c2)cc1. The van der Waals surface area contributed by atoms with Crippen molar-refractivity contribution in [2.75, 3.05) is 0 Å². The molecule has 0 atom stereocenters. The van der Waals surface area contributed by atoms with E-state index in [0.717, 1.165) is 66.0 Å². The van der Waals surface area contributed by atoms with E-state index in [-0.39, 0.29) is 0 Å². The van der Waals surface area contributed by atoms with Crippen LogP contribution in [0.25, 0.3) is 88.5 Å². The van der Waals surface area contributed by atoms with E-state index < -0.39 is 0 Å². The van der Waals surface area contributed by atoms with Gasteiger partial charge in [0.05, 0.1) is 0 Å². The molecule has 0 bridgehead atoms. The summed E-state index contributed by atoms with van der Waals surface area (Å²) >= 11 is 0. The van der Waals surface area contributed by atoms with Crippen molar-refractivity contribution in [2.45, 2.75) is 0 Å². The lowest BCUT2D eigenvalue weighted by Gasteiger charge is -2.10. The number of furan rings is 1. The molecule has 0 saturated heterocycles. The summed E-state index contributed by atoms with van der Waals surface area (Å²) in [5.41, 5.74) is 9.75. The molecule has 0 fully saturated rings. The highest BCUT2D eigenvalue weighted by atomic mass is 16.3. The van der Waals surface area contributed by atoms with Gasteiger partial charge in [-0.05, 0) is 56.6 Å². The summed E-state index contributed by atoms with van der Waals surface area (Å²) in [7, 11) is 0. The molecule has 0 spiro atoms. The van der Waals surface area contributed by atoms with E-state index in [9.17, 15) is 0 Å². The van der Waals surface area contributed by atoms with E-state index in [1.165, 1.54) is 11.1 Å². The van der Waals surface area contributed by atoms with E-state index in [4.69, 9.17) is 14.4 Å². The lowest BCUT2D eigenvalue weighted by molar-refractivity contribution is 0.671. The Morgan fingerprint density at radius 2 is 0.956 bits per heavy atom. The molecule has 0 amide bonds. The molecule has 0 aliphatic carbocycles. The molecule has 45 heavy (non-hydrogen) atoms. The van der Waals surface area contributed by atoms with Gasteiger partial charge in [0, 0.05) is 21.9 Å². The maximum atomic E-state index is 6.73. The third-order valence-corrected chi connectivity index (χ3v) is 8.67. The fourth-order valence-electron chi connectivity index (χ4n) is 6.46. The van der Waals surface area contributed by atoms with Gasteiger partial charge in [0.15, 0.2) is 11.4 Å². The summed E-state index contributed by atoms with van der Waals surface area (Å²) < 4.78 is 6.73. The zero-order valence-corrected chi connectivity index (χ0v) is 24.3. The van der Waals surface area contributed by atoms with Gasteiger partial charge in [-0.3, -0.25) is 0 Å². The van der Waals surface area contributed by atoms with E-state index in [1.54, 1.807) is 0 Å². The zero-order valence-electron chi connectivity index (χ0n) is 24.3. The molecule has 0 unspecified atom stereocenters. The molecule has 0 saturated carbocycles. The molecule has 3 heteroatoms. The van der Waals surface area contributed by atoms with E-state index in [1.807, 2.05) is 6.07 Å². The van der Waals surface area contributed by atoms with Crippen molar-refractivity contribution >= 4 is 43.6 Å². The van der Waals surface area contributed by atoms with E-state index in [2.05, 4.69) is 152 Å². The van der Waals surface area contributed by atoms with Crippen LogP contribution in [-0.4, -0.2) is 9.97 Å². The largest absolute Gasteiger partial charge is 0.451 e. The average molecular weight is 575 g/mol. The van der Waals surface area contributed by atoms with Crippen LogP contribution in [0.3, 0.4) is 0 Å². The topological polar surface area (TPSA) is 38.9 Å². The highest BCUT2D eigenvalue weighted by Gasteiger charge is 2.20. The number of hydrogen-bond donors (Lipinski definition) is 0. The molecular weight excluding hydrogens is 548 g/mol. The first-order valence-electron chi connectivity index (χ1n) is 15.2. The van der Waals surface area contributed by atoms with Gasteiger partial charge in [-0.25, -0.2) is 9.97 Å². The molecule has 3 nitrogen and oxygen atoms in total. The van der Waals surface area contributed by atoms with Gasteiger partial charge in [-0.15, -0.1) is 0 Å². The molecule has 9 rings (SSSR count). The Morgan fingerprint density at radius 3 is 1.76 bits per heavy atom. The molecule has 7 aromatic carbocycles. The fraction of sp³-hybridized carbons (Fsp3) is 0. The van der Waals surface area contributed by atoms with E-state index in [0.29, 0.717) is 11.4 Å². The van der Waals surface area contributed by atoms with E-state index >= 15 is 0 Å². The van der Waals surface area contributed by atoms with Gasteiger partial charge in [-0.1, -0.05) is 140 Å². The third kappa shape index (κ3) is 4.29. The number of hydrogen-bond acceptors (Lipinski definition) is 3. The predicted octanol–water partition coefficient (Wildman–Crippen LogP) is 11.4. The first kappa shape index (κ1) is 25.4. The summed E-state index contributed by atoms with van der Waals surface area (Å²) in [5.74, 6) is 0.682. The Morgan fingerprint density at radius 1 is 0.378 bits per heavy atom. The molecule has 9 aromatic rings. The molecule has 0 aliphatic heterocycles. The maximum Gasteiger partial charge on any atom is 0.180 e. The van der Waals surface area contributed by atoms with Crippen LogP contribution in [-0.2, 0) is 0 Å². The summed E-state index contributed by atoms with van der Waals surface area (Å²) in [5, 5.41) is 5.46. The van der Waals surface area contributed by atoms with Crippen molar-refractivity contribution in [1.82, 2.24) is 9.97 Å². The maximum absolute atomic E-state index is 6.73. The third-order valence-electron chi connectivity index (χ3n) is 8.67. The summed E-state index contributed by atoms with van der Waals surface area (Å²) in [6.45, 7) is 0. The number of aromatic nitrogens is 2. The predicted molar refractivity (Wildman–Crippen MR) is 186 cm³/mol. The summed E-state index contributed by atoms with van der Waals surface area (Å²) in [4.78, 5) is 10.5. The van der Waals surface area contributed by atoms with Gasteiger partial charge in [-0.2, -0.15) is 0 Å². The Bertz CT molecular complexity index is 2540. The van der Waals surface area contributed by atoms with Crippen LogP contribution < -0.4 is 0 Å². The second kappa shape index (κ2) is 10.3. The van der Waals surface area contributed by atoms with Crippen molar-refractivity contribution in [3.8, 4) is 44.9 Å². The molecule has 2 heterocycles. The summed E-state index contributed by atoms with van der Waals surface area (Å²) in [6.07, 6.45) is 0. The minimum atomic E-state index is 0.682. The number of rotatable bonds is 4. The standard InChI is InChI=1S/C42H26N2O/c1-2-11-27(12-3-1)30-16-8-17-31(25-30)32-18-9-19-33(26-32)38-41-39(37-24-23-29-14-5-7-21-35(29)40(37)45-41)44-42(43-38)36-22-10-15-28-13-4-6-20-34(28)36/h1-26H. The van der Waals surface area contributed by atoms with Crippen LogP contribution in [0.2, 0.25) is 0 Å². The first-order valence-corrected chi connectivity index (χ1v) is 15.2. The van der Waals surface area contributed by atoms with Crippen LogP contribution in [0.4, 0.5) is 0 Å². The number of fused-ring (bicyclic) bond motifs is 6. The average Bonchev–Trinajstić information content (AvgIpc) is 3.51. The fourth-order valence-corrected chi connectivity index (χ4v) is 6.46. The van der Waals surface area contributed by atoms with Crippen molar-refractivity contribution in [3.63, 3.8) is 0 Å². The molecule has 0 radical (unpaired) electrons. The highest BCUT2D eigenvalue weighted by molar-refractivity contribution is 6.16.